The van der Waals surface area contributed by atoms with Crippen LogP contribution in [0, 0.1) is 13.8 Å². The van der Waals surface area contributed by atoms with Crippen molar-refractivity contribution in [1.82, 2.24) is 14.4 Å². The Balaban J connectivity index is 1.96. The molecule has 0 aromatic carbocycles. The molecule has 0 spiro atoms. The van der Waals surface area contributed by atoms with Crippen LogP contribution < -0.4 is 5.56 Å². The zero-order valence-corrected chi connectivity index (χ0v) is 13.8. The normalized spacial score (nSPS) is 12.5. The van der Waals surface area contributed by atoms with Crippen LogP contribution in [0.15, 0.2) is 22.6 Å². The summed E-state index contributed by atoms with van der Waals surface area (Å²) < 4.78 is 6.77. The topological polar surface area (TPSA) is 73.6 Å². The van der Waals surface area contributed by atoms with E-state index in [9.17, 15) is 9.59 Å². The predicted octanol–water partition coefficient (Wildman–Crippen LogP) is 2.75. The molecule has 0 unspecified atom stereocenters. The fraction of sp³-hybridized carbons (Fsp3) is 0.286. The number of hydrogen-bond acceptors (Lipinski definition) is 7. The number of aryl methyl sites for hydroxylation is 2. The van der Waals surface area contributed by atoms with E-state index in [1.54, 1.807) is 18.5 Å². The Morgan fingerprint density at radius 2 is 2.14 bits per heavy atom. The number of ether oxygens (including phenoxy) is 1. The summed E-state index contributed by atoms with van der Waals surface area (Å²) in [5.74, 6) is -0.683. The first-order valence-electron chi connectivity index (χ1n) is 6.57. The van der Waals surface area contributed by atoms with E-state index in [0.717, 1.165) is 10.6 Å². The molecule has 0 bridgehead atoms. The third kappa shape index (κ3) is 2.44. The highest BCUT2D eigenvalue weighted by molar-refractivity contribution is 7.17. The molecule has 0 aliphatic heterocycles. The number of carbonyl (C=O) groups excluding carboxylic acids is 1. The number of rotatable bonds is 3. The second kappa shape index (κ2) is 5.62. The zero-order valence-electron chi connectivity index (χ0n) is 12.2. The van der Waals surface area contributed by atoms with Gasteiger partial charge >= 0.3 is 5.97 Å². The van der Waals surface area contributed by atoms with Crippen molar-refractivity contribution in [1.29, 1.82) is 0 Å². The maximum absolute atomic E-state index is 12.5. The second-order valence-electron chi connectivity index (χ2n) is 4.76. The summed E-state index contributed by atoms with van der Waals surface area (Å²) in [6.07, 6.45) is 2.42. The first kappa shape index (κ1) is 14.9. The maximum atomic E-state index is 12.5. The molecule has 8 heteroatoms. The minimum absolute atomic E-state index is 0.0678. The molecule has 3 aromatic rings. The Labute approximate surface area is 134 Å². The van der Waals surface area contributed by atoms with Gasteiger partial charge in [0.05, 0.1) is 6.20 Å². The Bertz CT molecular complexity index is 896. The predicted molar refractivity (Wildman–Crippen MR) is 84.8 cm³/mol. The number of aromatic nitrogens is 3. The van der Waals surface area contributed by atoms with Crippen LogP contribution in [0.3, 0.4) is 0 Å². The van der Waals surface area contributed by atoms with E-state index in [1.807, 2.05) is 13.8 Å². The lowest BCUT2D eigenvalue weighted by molar-refractivity contribution is 0.0334. The average Bonchev–Trinajstić information content (AvgIpc) is 3.09. The number of carbonyl (C=O) groups is 1. The summed E-state index contributed by atoms with van der Waals surface area (Å²) >= 11 is 2.81. The van der Waals surface area contributed by atoms with Crippen molar-refractivity contribution in [3.8, 4) is 0 Å². The van der Waals surface area contributed by atoms with Gasteiger partial charge in [-0.25, -0.2) is 14.8 Å². The number of thiazole rings is 2. The summed E-state index contributed by atoms with van der Waals surface area (Å²) in [6, 6.07) is 0. The SMILES string of the molecule is Cc1sc2ncc(C(=O)O[C@H](C)c3nccs3)c(=O)n2c1C. The minimum atomic E-state index is -0.683. The van der Waals surface area contributed by atoms with Crippen LogP contribution in [-0.2, 0) is 4.74 Å². The molecule has 0 amide bonds. The molecule has 3 aromatic heterocycles. The van der Waals surface area contributed by atoms with Gasteiger partial charge in [0.1, 0.15) is 10.6 Å². The summed E-state index contributed by atoms with van der Waals surface area (Å²) in [7, 11) is 0. The fourth-order valence-corrected chi connectivity index (χ4v) is 3.58. The fourth-order valence-electron chi connectivity index (χ4n) is 2.03. The summed E-state index contributed by atoms with van der Waals surface area (Å²) in [5.41, 5.74) is 0.324. The Kier molecular flexibility index (Phi) is 3.79. The Hall–Kier alpha value is -2.06. The van der Waals surface area contributed by atoms with Crippen LogP contribution in [-0.4, -0.2) is 20.3 Å². The molecule has 114 valence electrons. The molecular formula is C14H13N3O3S2. The first-order valence-corrected chi connectivity index (χ1v) is 8.26. The molecule has 1 atom stereocenters. The van der Waals surface area contributed by atoms with Crippen molar-refractivity contribution in [3.63, 3.8) is 0 Å². The van der Waals surface area contributed by atoms with E-state index in [1.165, 1.54) is 33.3 Å². The Morgan fingerprint density at radius 3 is 2.82 bits per heavy atom. The lowest BCUT2D eigenvalue weighted by Crippen LogP contribution is -2.24. The van der Waals surface area contributed by atoms with Gasteiger partial charge in [-0.1, -0.05) is 0 Å². The number of fused-ring (bicyclic) bond motifs is 1. The summed E-state index contributed by atoms with van der Waals surface area (Å²) in [6.45, 7) is 5.46. The third-order valence-corrected chi connectivity index (χ3v) is 5.33. The van der Waals surface area contributed by atoms with Crippen LogP contribution in [0.4, 0.5) is 0 Å². The molecule has 3 heterocycles. The van der Waals surface area contributed by atoms with E-state index < -0.39 is 17.6 Å². The average molecular weight is 335 g/mol. The van der Waals surface area contributed by atoms with Gasteiger partial charge in [0, 0.05) is 22.1 Å². The molecule has 0 saturated heterocycles. The van der Waals surface area contributed by atoms with Gasteiger partial charge in [0.15, 0.2) is 11.1 Å². The lowest BCUT2D eigenvalue weighted by Gasteiger charge is -2.10. The number of hydrogen-bond donors (Lipinski definition) is 0. The van der Waals surface area contributed by atoms with Crippen molar-refractivity contribution in [2.24, 2.45) is 0 Å². The summed E-state index contributed by atoms with van der Waals surface area (Å²) in [5, 5.41) is 2.49. The van der Waals surface area contributed by atoms with E-state index in [-0.39, 0.29) is 5.56 Å². The molecule has 6 nitrogen and oxygen atoms in total. The molecule has 0 aliphatic carbocycles. The van der Waals surface area contributed by atoms with Gasteiger partial charge in [-0.2, -0.15) is 0 Å². The van der Waals surface area contributed by atoms with Crippen molar-refractivity contribution in [2.45, 2.75) is 26.9 Å². The van der Waals surface area contributed by atoms with Gasteiger partial charge < -0.3 is 4.74 Å². The van der Waals surface area contributed by atoms with Gasteiger partial charge in [-0.15, -0.1) is 22.7 Å². The van der Waals surface area contributed by atoms with Gasteiger partial charge in [-0.3, -0.25) is 9.20 Å². The highest BCUT2D eigenvalue weighted by Gasteiger charge is 2.21. The van der Waals surface area contributed by atoms with E-state index >= 15 is 0 Å². The molecule has 0 saturated carbocycles. The molecule has 0 aliphatic rings. The minimum Gasteiger partial charge on any atom is -0.451 e. The van der Waals surface area contributed by atoms with Crippen LogP contribution in [0.1, 0.15) is 39.0 Å². The number of esters is 1. The lowest BCUT2D eigenvalue weighted by atomic mass is 10.3. The van der Waals surface area contributed by atoms with E-state index in [2.05, 4.69) is 9.97 Å². The van der Waals surface area contributed by atoms with Crippen molar-refractivity contribution in [2.75, 3.05) is 0 Å². The molecule has 0 fully saturated rings. The first-order chi connectivity index (χ1) is 10.5. The molecule has 3 rings (SSSR count). The van der Waals surface area contributed by atoms with Crippen LogP contribution >= 0.6 is 22.7 Å². The Morgan fingerprint density at radius 1 is 1.36 bits per heavy atom. The van der Waals surface area contributed by atoms with Gasteiger partial charge in [0.2, 0.25) is 0 Å². The van der Waals surface area contributed by atoms with E-state index in [4.69, 9.17) is 4.74 Å². The maximum Gasteiger partial charge on any atom is 0.346 e. The molecule has 0 radical (unpaired) electrons. The monoisotopic (exact) mass is 335 g/mol. The van der Waals surface area contributed by atoms with E-state index in [0.29, 0.717) is 9.97 Å². The van der Waals surface area contributed by atoms with Crippen molar-refractivity contribution >= 4 is 33.6 Å². The molecule has 22 heavy (non-hydrogen) atoms. The summed E-state index contributed by atoms with van der Waals surface area (Å²) in [4.78, 5) is 34.6. The van der Waals surface area contributed by atoms with Crippen molar-refractivity contribution < 1.29 is 9.53 Å². The third-order valence-electron chi connectivity index (χ3n) is 3.32. The van der Waals surface area contributed by atoms with Gasteiger partial charge in [0.25, 0.3) is 5.56 Å². The largest absolute Gasteiger partial charge is 0.451 e. The quantitative estimate of drug-likeness (QED) is 0.688. The van der Waals surface area contributed by atoms with Crippen LogP contribution in [0.25, 0.3) is 4.96 Å². The zero-order chi connectivity index (χ0) is 15.9. The van der Waals surface area contributed by atoms with Crippen LogP contribution in [0.5, 0.6) is 0 Å². The molecular weight excluding hydrogens is 322 g/mol. The standard InChI is InChI=1S/C14H13N3O3S2/c1-7-9(3)22-14-16-6-10(12(18)17(7)14)13(19)20-8(2)11-15-4-5-21-11/h4-6,8H,1-3H3/t8-/m1/s1. The molecule has 0 N–H and O–H groups in total. The van der Waals surface area contributed by atoms with Gasteiger partial charge in [-0.05, 0) is 20.8 Å². The number of nitrogens with zero attached hydrogens (tertiary/aromatic N) is 3. The smallest absolute Gasteiger partial charge is 0.346 e. The second-order valence-corrected chi connectivity index (χ2v) is 6.86. The van der Waals surface area contributed by atoms with Crippen LogP contribution in [0.2, 0.25) is 0 Å². The highest BCUT2D eigenvalue weighted by atomic mass is 32.1. The van der Waals surface area contributed by atoms with Crippen molar-refractivity contribution in [3.05, 3.63) is 49.3 Å². The highest BCUT2D eigenvalue weighted by Crippen LogP contribution is 2.21.